The van der Waals surface area contributed by atoms with Crippen LogP contribution in [0.15, 0.2) is 4.99 Å². The molecule has 2 saturated heterocycles. The fourth-order valence-corrected chi connectivity index (χ4v) is 26.0. The Labute approximate surface area is 524 Å². The van der Waals surface area contributed by atoms with Crippen molar-refractivity contribution in [3.63, 3.8) is 0 Å². The van der Waals surface area contributed by atoms with Crippen molar-refractivity contribution in [2.24, 2.45) is 118 Å². The van der Waals surface area contributed by atoms with Crippen molar-refractivity contribution < 1.29 is 68.0 Å². The number of nitrogens with zero attached hydrogens (tertiary/aromatic N) is 1. The van der Waals surface area contributed by atoms with Gasteiger partial charge in [-0.3, -0.25) is 24.5 Å². The van der Waals surface area contributed by atoms with Crippen LogP contribution in [0.3, 0.4) is 0 Å². The lowest BCUT2D eigenvalue weighted by atomic mass is 9.41. The first-order valence-electron chi connectivity index (χ1n) is 34.3. The quantitative estimate of drug-likeness (QED) is 0.0649. The average Bonchev–Trinajstić information content (AvgIpc) is 1.47. The molecule has 18 heteroatoms. The maximum absolute atomic E-state index is 12.5. The first kappa shape index (κ1) is 66.5. The molecule has 0 radical (unpaired) electrons. The van der Waals surface area contributed by atoms with E-state index in [-0.39, 0.29) is 116 Å². The van der Waals surface area contributed by atoms with Gasteiger partial charge in [-0.05, 0) is 210 Å². The molecule has 13 rings (SSSR count). The van der Waals surface area contributed by atoms with Crippen LogP contribution >= 0.6 is 0 Å². The second-order valence-corrected chi connectivity index (χ2v) is 34.5. The minimum Gasteiger partial charge on any atom is -0.476 e. The van der Waals surface area contributed by atoms with Gasteiger partial charge in [0.05, 0.1) is 67.6 Å². The summed E-state index contributed by atoms with van der Waals surface area (Å²) in [5, 5.41) is 50.1. The predicted molar refractivity (Wildman–Crippen MR) is 330 cm³/mol. The fourth-order valence-electron chi connectivity index (χ4n) is 26.0. The monoisotopic (exact) mass is 1230 g/mol. The van der Waals surface area contributed by atoms with Crippen LogP contribution in [-0.2, 0) is 47.6 Å². The number of carbonyl (C=O) groups is 4. The van der Waals surface area contributed by atoms with Crippen molar-refractivity contribution in [1.82, 2.24) is 5.32 Å². The summed E-state index contributed by atoms with van der Waals surface area (Å²) in [6.07, 6.45) is 13.1. The number of rotatable bonds is 9. The van der Waals surface area contributed by atoms with E-state index in [1.165, 1.54) is 52.4 Å². The van der Waals surface area contributed by atoms with Crippen LogP contribution in [0.1, 0.15) is 214 Å². The summed E-state index contributed by atoms with van der Waals surface area (Å²) in [5.74, 6) is 2.62. The van der Waals surface area contributed by atoms with Crippen molar-refractivity contribution >= 4 is 30.2 Å². The molecule has 4 unspecified atom stereocenters. The fraction of sp³-hybridized carbons (Fsp3) is 0.929. The normalized spacial score (nSPS) is 49.9. The minimum absolute atomic E-state index is 0.0386. The van der Waals surface area contributed by atoms with Crippen molar-refractivity contribution in [3.05, 3.63) is 0 Å². The third-order valence-corrected chi connectivity index (χ3v) is 29.5. The maximum atomic E-state index is 12.5. The average molecular weight is 1240 g/mol. The van der Waals surface area contributed by atoms with Crippen LogP contribution < -0.4 is 16.8 Å². The zero-order chi connectivity index (χ0) is 64.5. The van der Waals surface area contributed by atoms with Crippen LogP contribution in [0.5, 0.6) is 0 Å². The molecule has 0 aromatic rings. The van der Waals surface area contributed by atoms with Gasteiger partial charge in [0.15, 0.2) is 18.1 Å². The molecule has 9 N–H and O–H groups in total. The van der Waals surface area contributed by atoms with Gasteiger partial charge < -0.3 is 60.3 Å². The number of fused-ring (bicyclic) bond motifs is 8. The summed E-state index contributed by atoms with van der Waals surface area (Å²) < 4.78 is 37.4. The molecule has 10 aliphatic carbocycles. The number of nitrogens with two attached hydrogens (primary N) is 2. The van der Waals surface area contributed by atoms with Gasteiger partial charge in [0.25, 0.3) is 0 Å². The Hall–Kier alpha value is -2.97. The molecular weight excluding hydrogens is 1120 g/mol. The van der Waals surface area contributed by atoms with Crippen LogP contribution in [0.25, 0.3) is 0 Å². The number of hydrogen-bond acceptors (Lipinski definition) is 17. The topological polar surface area (TPSA) is 281 Å². The van der Waals surface area contributed by atoms with Gasteiger partial charge in [0, 0.05) is 35.5 Å². The molecule has 1 amide bonds. The molecule has 0 aromatic heterocycles. The van der Waals surface area contributed by atoms with Crippen LogP contribution in [-0.4, -0.2) is 143 Å². The van der Waals surface area contributed by atoms with Crippen molar-refractivity contribution in [2.75, 3.05) is 19.8 Å². The van der Waals surface area contributed by atoms with Gasteiger partial charge in [-0.25, -0.2) is 4.99 Å². The first-order valence-corrected chi connectivity index (χ1v) is 34.3. The molecule has 88 heavy (non-hydrogen) atoms. The van der Waals surface area contributed by atoms with Crippen LogP contribution in [0.2, 0.25) is 0 Å². The van der Waals surface area contributed by atoms with Gasteiger partial charge in [-0.1, -0.05) is 69.2 Å². The van der Waals surface area contributed by atoms with E-state index in [9.17, 15) is 34.8 Å². The van der Waals surface area contributed by atoms with E-state index in [1.807, 2.05) is 0 Å². The Balaban J connectivity index is 0.000000174. The second-order valence-electron chi connectivity index (χ2n) is 34.5. The third kappa shape index (κ3) is 9.23. The first-order chi connectivity index (χ1) is 40.8. The van der Waals surface area contributed by atoms with Gasteiger partial charge >= 0.3 is 17.9 Å². The second kappa shape index (κ2) is 21.8. The summed E-state index contributed by atoms with van der Waals surface area (Å²) in [5.41, 5.74) is 7.60. The standard InChI is InChI=1S/C35H56N2O6.C34H55NO7.CH3NO/c1-19-15-21(29(31(5,6)40)41-20(2)38)42-27-26(19)32(7)13-14-35-17-34(35)12-11-24(43-25-16-36-18-37-25)30(3,4)22(34)9-10-23(35)33(32,8)28(27)39;1-18-15-20(28(30(5,6)39)40-19(2)36)41-26-25(18)31(7)13-14-34-17-33(34)12-11-23(42-24(37)16-35)29(3,4)21(33)9-10-22(34)32(31,8)27(26)38;2-1-3/h19,21-24,26-29,36,39-40H,9-18H2,1-8H3;18,20-23,25-28,38-39H,9-17,35H2,1-8H3;1H,(H2,2,3)/t19-,21-,22+,23+,24+,26?,27+,28+,29+,32-,33-,34?,35+;18-,20-,21+,22+,23+,25?,26+,27+,28+,31-,32-,33?,34+;/m11./s1. The number of aliphatic imine (C=N–C) groups is 1. The summed E-state index contributed by atoms with van der Waals surface area (Å²) in [6.45, 7) is 34.5. The number of aliphatic hydroxyl groups is 4. The van der Waals surface area contributed by atoms with E-state index in [0.29, 0.717) is 48.6 Å². The lowest BCUT2D eigenvalue weighted by molar-refractivity contribution is -0.216. The van der Waals surface area contributed by atoms with Gasteiger partial charge in [-0.2, -0.15) is 0 Å². The summed E-state index contributed by atoms with van der Waals surface area (Å²) in [6, 6.07) is 0. The highest BCUT2D eigenvalue weighted by molar-refractivity contribution is 5.79. The molecule has 26 atom stereocenters. The Morgan fingerprint density at radius 2 is 1.03 bits per heavy atom. The Morgan fingerprint density at radius 3 is 1.41 bits per heavy atom. The van der Waals surface area contributed by atoms with Crippen molar-refractivity contribution in [1.29, 1.82) is 0 Å². The zero-order valence-corrected chi connectivity index (χ0v) is 56.4. The van der Waals surface area contributed by atoms with E-state index in [4.69, 9.17) is 38.9 Å². The van der Waals surface area contributed by atoms with E-state index in [1.54, 1.807) is 27.7 Å². The van der Waals surface area contributed by atoms with Gasteiger partial charge in [0.1, 0.15) is 12.2 Å². The molecule has 3 aliphatic heterocycles. The number of ether oxygens (including phenoxy) is 6. The van der Waals surface area contributed by atoms with Crippen molar-refractivity contribution in [2.45, 2.75) is 286 Å². The van der Waals surface area contributed by atoms with Gasteiger partial charge in [0.2, 0.25) is 6.41 Å². The number of nitrogens with one attached hydrogen (secondary N) is 1. The highest BCUT2D eigenvalue weighted by Crippen LogP contribution is 2.91. The smallest absolute Gasteiger partial charge is 0.319 e. The molecule has 0 bridgehead atoms. The number of aliphatic hydroxyl groups excluding tert-OH is 2. The molecule has 13 aliphatic rings. The number of esters is 3. The van der Waals surface area contributed by atoms with E-state index in [2.05, 4.69) is 85.3 Å². The summed E-state index contributed by atoms with van der Waals surface area (Å²) in [4.78, 5) is 49.3. The molecule has 498 valence electrons. The highest BCUT2D eigenvalue weighted by Gasteiger charge is 2.87. The molecule has 0 aromatic carbocycles. The molecular formula is C70H114N4O14. The van der Waals surface area contributed by atoms with Crippen molar-refractivity contribution in [3.8, 4) is 0 Å². The highest BCUT2D eigenvalue weighted by atomic mass is 16.6. The number of primary amides is 1. The van der Waals surface area contributed by atoms with E-state index in [0.717, 1.165) is 63.8 Å². The number of carbonyl (C=O) groups excluding carboxylic acids is 4. The SMILES string of the molecule is CC(=O)O[C@@H]([C@H]1C[C@@H](C)C2[C@H](O1)[C@H](O)[C@@]1(C)[C@@H]3CC[C@H]4C(C)(C)[C@@H](OC(=O)CN)CCC45C[C@@]35CC[C@]21C)C(C)(C)O.CC(=O)O[C@@H]([C@H]1C[C@@H](C)C2[C@H](O1)[C@H](O)[C@@]1(C)[C@@H]3CC[C@H]4C(C)(C)[C@@H](OC5=NCNC5)CCC45C[C@@]35CC[C@]21C)C(C)(C)O.NC=O. The van der Waals surface area contributed by atoms with E-state index < -0.39 is 59.8 Å². The Morgan fingerprint density at radius 1 is 0.648 bits per heavy atom. The molecule has 10 saturated carbocycles. The molecule has 12 fully saturated rings. The zero-order valence-electron chi connectivity index (χ0n) is 56.4. The van der Waals surface area contributed by atoms with Crippen LogP contribution in [0, 0.1) is 101 Å². The predicted octanol–water partition coefficient (Wildman–Crippen LogP) is 8.32. The number of amides is 1. The third-order valence-electron chi connectivity index (χ3n) is 29.5. The molecule has 18 nitrogen and oxygen atoms in total. The lowest BCUT2D eigenvalue weighted by Gasteiger charge is -2.63. The van der Waals surface area contributed by atoms with E-state index >= 15 is 0 Å². The lowest BCUT2D eigenvalue weighted by Crippen LogP contribution is -2.60. The summed E-state index contributed by atoms with van der Waals surface area (Å²) in [7, 11) is 0. The Bertz CT molecular complexity index is 2750. The minimum atomic E-state index is -1.26. The Kier molecular flexibility index (Phi) is 16.5. The molecule has 3 heterocycles. The van der Waals surface area contributed by atoms with Crippen LogP contribution in [0.4, 0.5) is 0 Å². The largest absolute Gasteiger partial charge is 0.476 e. The summed E-state index contributed by atoms with van der Waals surface area (Å²) >= 11 is 0. The van der Waals surface area contributed by atoms with Gasteiger partial charge in [-0.15, -0.1) is 0 Å². The maximum Gasteiger partial charge on any atom is 0.319 e. The number of hydrogen-bond donors (Lipinski definition) is 7. The molecule has 4 spiro atoms.